The summed E-state index contributed by atoms with van der Waals surface area (Å²) >= 11 is 0. The minimum atomic E-state index is -0.595. The molecule has 2 saturated carbocycles. The fourth-order valence-electron chi connectivity index (χ4n) is 6.54. The molecule has 34 heavy (non-hydrogen) atoms. The van der Waals surface area contributed by atoms with E-state index in [1.165, 1.54) is 64.2 Å². The molecule has 0 amide bonds. The van der Waals surface area contributed by atoms with E-state index in [9.17, 15) is 4.39 Å². The summed E-state index contributed by atoms with van der Waals surface area (Å²) in [5.74, 6) is 1.99. The Morgan fingerprint density at radius 2 is 1.74 bits per heavy atom. The van der Waals surface area contributed by atoms with Gasteiger partial charge in [0.1, 0.15) is 12.4 Å². The van der Waals surface area contributed by atoms with Gasteiger partial charge in [-0.15, -0.1) is 0 Å². The van der Waals surface area contributed by atoms with E-state index in [0.29, 0.717) is 11.3 Å². The van der Waals surface area contributed by atoms with E-state index >= 15 is 4.39 Å². The first-order valence-electron chi connectivity index (χ1n) is 13.8. The average molecular weight is 469 g/mol. The molecule has 0 heterocycles. The molecular formula is C31H42F2O. The van der Waals surface area contributed by atoms with Crippen molar-refractivity contribution in [2.24, 2.45) is 17.8 Å². The molecule has 4 unspecified atom stereocenters. The molecule has 1 nitrogen and oxygen atoms in total. The van der Waals surface area contributed by atoms with Gasteiger partial charge in [0.2, 0.25) is 0 Å². The number of hydrogen-bond acceptors (Lipinski definition) is 1. The highest BCUT2D eigenvalue weighted by Crippen LogP contribution is 2.49. The molecule has 4 rings (SSSR count). The normalized spacial score (nSPS) is 25.1. The van der Waals surface area contributed by atoms with Gasteiger partial charge in [0.25, 0.3) is 0 Å². The maximum absolute atomic E-state index is 15.1. The van der Waals surface area contributed by atoms with Crippen LogP contribution in [0.4, 0.5) is 8.78 Å². The van der Waals surface area contributed by atoms with Crippen LogP contribution in [0.25, 0.3) is 10.8 Å². The Hall–Kier alpha value is -1.90. The second kappa shape index (κ2) is 12.2. The quantitative estimate of drug-likeness (QED) is 0.249. The van der Waals surface area contributed by atoms with E-state index in [-0.39, 0.29) is 17.7 Å². The van der Waals surface area contributed by atoms with E-state index in [0.717, 1.165) is 36.2 Å². The van der Waals surface area contributed by atoms with Gasteiger partial charge in [0.15, 0.2) is 11.6 Å². The number of fused-ring (bicyclic) bond motifs is 2. The Kier molecular flexibility index (Phi) is 9.03. The molecule has 2 aromatic rings. The van der Waals surface area contributed by atoms with Gasteiger partial charge in [-0.2, -0.15) is 0 Å². The van der Waals surface area contributed by atoms with Gasteiger partial charge in [-0.05, 0) is 85.8 Å². The van der Waals surface area contributed by atoms with E-state index in [1.54, 1.807) is 24.3 Å². The van der Waals surface area contributed by atoms with Crippen molar-refractivity contribution in [3.05, 3.63) is 53.6 Å². The lowest BCUT2D eigenvalue weighted by Gasteiger charge is -2.42. The van der Waals surface area contributed by atoms with Crippen LogP contribution in [0.3, 0.4) is 0 Å². The first-order chi connectivity index (χ1) is 16.6. The minimum absolute atomic E-state index is 0.0508. The molecule has 0 radical (unpaired) electrons. The number of unbranched alkanes of at least 4 members (excludes halogenated alkanes) is 4. The zero-order valence-corrected chi connectivity index (χ0v) is 21.1. The zero-order chi connectivity index (χ0) is 23.9. The first-order valence-corrected chi connectivity index (χ1v) is 13.8. The monoisotopic (exact) mass is 468 g/mol. The maximum atomic E-state index is 15.1. The molecule has 0 aliphatic heterocycles. The standard InChI is InChI=1S/C31H42F2O/c1-3-5-7-8-9-10-22-11-12-24-19-25(14-13-23(24)18-22)27-20-26-15-16-29(34-17-6-4-2)31(33)30(26)28(32)21-27/h4,6,15-16,20-25H,3,5,7-14,17-19H2,1-2H3/b6-4+. The van der Waals surface area contributed by atoms with E-state index in [4.69, 9.17) is 4.74 Å². The van der Waals surface area contributed by atoms with Gasteiger partial charge in [-0.3, -0.25) is 0 Å². The van der Waals surface area contributed by atoms with Crippen LogP contribution in [0.2, 0.25) is 0 Å². The summed E-state index contributed by atoms with van der Waals surface area (Å²) in [4.78, 5) is 0. The number of benzene rings is 2. The van der Waals surface area contributed by atoms with E-state index < -0.39 is 11.6 Å². The number of ether oxygens (including phenoxy) is 1. The third-order valence-corrected chi connectivity index (χ3v) is 8.47. The summed E-state index contributed by atoms with van der Waals surface area (Å²) in [5, 5.41) is 0.689. The fraction of sp³-hybridized carbons (Fsp3) is 0.613. The van der Waals surface area contributed by atoms with E-state index in [2.05, 4.69) is 6.92 Å². The summed E-state index contributed by atoms with van der Waals surface area (Å²) in [6.45, 7) is 4.44. The molecule has 2 aliphatic carbocycles. The average Bonchev–Trinajstić information content (AvgIpc) is 2.84. The largest absolute Gasteiger partial charge is 0.486 e. The lowest BCUT2D eigenvalue weighted by molar-refractivity contribution is 0.113. The molecule has 4 atom stereocenters. The Labute approximate surface area is 205 Å². The van der Waals surface area contributed by atoms with Crippen LogP contribution < -0.4 is 4.74 Å². The van der Waals surface area contributed by atoms with Gasteiger partial charge < -0.3 is 4.74 Å². The highest BCUT2D eigenvalue weighted by molar-refractivity contribution is 5.86. The van der Waals surface area contributed by atoms with Gasteiger partial charge in [-0.1, -0.05) is 76.2 Å². The van der Waals surface area contributed by atoms with Crippen molar-refractivity contribution in [2.75, 3.05) is 6.61 Å². The molecule has 3 heteroatoms. The Balaban J connectivity index is 1.38. The number of rotatable bonds is 10. The van der Waals surface area contributed by atoms with Crippen molar-refractivity contribution < 1.29 is 13.5 Å². The molecule has 2 aromatic carbocycles. The van der Waals surface area contributed by atoms with Gasteiger partial charge in [0, 0.05) is 0 Å². The molecule has 2 aliphatic rings. The van der Waals surface area contributed by atoms with Crippen LogP contribution in [0.5, 0.6) is 5.75 Å². The van der Waals surface area contributed by atoms with E-state index in [1.807, 2.05) is 19.1 Å². The van der Waals surface area contributed by atoms with Crippen molar-refractivity contribution in [1.82, 2.24) is 0 Å². The van der Waals surface area contributed by atoms with Crippen molar-refractivity contribution >= 4 is 10.8 Å². The Bertz CT molecular complexity index is 966. The SMILES string of the molecule is C/C=C/COc1ccc2cc(C3CCC4CC(CCCCCCC)CCC4C3)cc(F)c2c1F. The van der Waals surface area contributed by atoms with Gasteiger partial charge in [0.05, 0.1) is 5.39 Å². The third kappa shape index (κ3) is 6.01. The molecule has 2 fully saturated rings. The van der Waals surface area contributed by atoms with Crippen LogP contribution >= 0.6 is 0 Å². The fourth-order valence-corrected chi connectivity index (χ4v) is 6.54. The molecular weight excluding hydrogens is 426 g/mol. The topological polar surface area (TPSA) is 9.23 Å². The molecule has 186 valence electrons. The van der Waals surface area contributed by atoms with Crippen LogP contribution in [0.1, 0.15) is 102 Å². The first kappa shape index (κ1) is 25.2. The minimum Gasteiger partial charge on any atom is -0.486 e. The molecule has 0 spiro atoms. The molecule has 0 aromatic heterocycles. The summed E-state index contributed by atoms with van der Waals surface area (Å²) in [6, 6.07) is 7.04. The summed E-state index contributed by atoms with van der Waals surface area (Å²) in [5.41, 5.74) is 1.04. The zero-order valence-electron chi connectivity index (χ0n) is 21.1. The predicted octanol–water partition coefficient (Wildman–Crippen LogP) is 9.73. The second-order valence-corrected chi connectivity index (χ2v) is 10.8. The summed E-state index contributed by atoms with van der Waals surface area (Å²) < 4.78 is 35.5. The van der Waals surface area contributed by atoms with Crippen LogP contribution in [-0.4, -0.2) is 6.61 Å². The van der Waals surface area contributed by atoms with Crippen LogP contribution in [0, 0.1) is 29.4 Å². The van der Waals surface area contributed by atoms with Crippen LogP contribution in [0.15, 0.2) is 36.4 Å². The number of allylic oxidation sites excluding steroid dienone is 1. The van der Waals surface area contributed by atoms with Crippen LogP contribution in [-0.2, 0) is 0 Å². The summed E-state index contributed by atoms with van der Waals surface area (Å²) in [6.07, 6.45) is 19.6. The highest BCUT2D eigenvalue weighted by Gasteiger charge is 2.36. The molecule has 0 saturated heterocycles. The van der Waals surface area contributed by atoms with Crippen molar-refractivity contribution in [1.29, 1.82) is 0 Å². The Morgan fingerprint density at radius 1 is 0.941 bits per heavy atom. The number of halogens is 2. The van der Waals surface area contributed by atoms with Crippen molar-refractivity contribution in [2.45, 2.75) is 96.8 Å². The predicted molar refractivity (Wildman–Crippen MR) is 138 cm³/mol. The Morgan fingerprint density at radius 3 is 2.56 bits per heavy atom. The smallest absolute Gasteiger partial charge is 0.175 e. The van der Waals surface area contributed by atoms with Gasteiger partial charge in [-0.25, -0.2) is 8.78 Å². The lowest BCUT2D eigenvalue weighted by Crippen LogP contribution is -2.30. The highest BCUT2D eigenvalue weighted by atomic mass is 19.1. The number of hydrogen-bond donors (Lipinski definition) is 0. The van der Waals surface area contributed by atoms with Crippen molar-refractivity contribution in [3.8, 4) is 5.75 Å². The van der Waals surface area contributed by atoms with Crippen molar-refractivity contribution in [3.63, 3.8) is 0 Å². The van der Waals surface area contributed by atoms with Gasteiger partial charge >= 0.3 is 0 Å². The molecule has 0 N–H and O–H groups in total. The maximum Gasteiger partial charge on any atom is 0.175 e. The third-order valence-electron chi connectivity index (χ3n) is 8.47. The molecule has 0 bridgehead atoms. The lowest BCUT2D eigenvalue weighted by atomic mass is 9.63. The summed E-state index contributed by atoms with van der Waals surface area (Å²) in [7, 11) is 0. The second-order valence-electron chi connectivity index (χ2n) is 10.8.